The van der Waals surface area contributed by atoms with E-state index in [9.17, 15) is 0 Å². The van der Waals surface area contributed by atoms with Crippen LogP contribution >= 0.6 is 11.6 Å². The molecule has 1 unspecified atom stereocenters. The van der Waals surface area contributed by atoms with Gasteiger partial charge in [-0.15, -0.1) is 11.6 Å². The smallest absolute Gasteiger partial charge is 0.231 e. The monoisotopic (exact) mass is 283 g/mol. The quantitative estimate of drug-likeness (QED) is 0.710. The van der Waals surface area contributed by atoms with E-state index in [1.54, 1.807) is 0 Å². The van der Waals surface area contributed by atoms with Crippen LogP contribution in [-0.2, 0) is 0 Å². The van der Waals surface area contributed by atoms with Gasteiger partial charge in [-0.2, -0.15) is 0 Å². The molecule has 3 nitrogen and oxygen atoms in total. The number of ether oxygens (including phenoxy) is 2. The van der Waals surface area contributed by atoms with E-state index in [-0.39, 0.29) is 5.38 Å². The summed E-state index contributed by atoms with van der Waals surface area (Å²) in [4.78, 5) is 2.42. The lowest BCUT2D eigenvalue weighted by molar-refractivity contribution is 0.174. The third-order valence-corrected chi connectivity index (χ3v) is 3.65. The van der Waals surface area contributed by atoms with E-state index in [1.165, 1.54) is 0 Å². The third-order valence-electron chi connectivity index (χ3n) is 3.26. The zero-order chi connectivity index (χ0) is 13.7. The van der Waals surface area contributed by atoms with E-state index >= 15 is 0 Å². The average molecular weight is 284 g/mol. The van der Waals surface area contributed by atoms with Gasteiger partial charge in [0, 0.05) is 6.54 Å². The highest BCUT2D eigenvalue weighted by atomic mass is 35.5. The van der Waals surface area contributed by atoms with Crippen LogP contribution in [0.3, 0.4) is 0 Å². The number of benzene rings is 1. The van der Waals surface area contributed by atoms with Crippen molar-refractivity contribution in [2.75, 3.05) is 26.4 Å². The molecule has 0 radical (unpaired) electrons. The highest BCUT2D eigenvalue weighted by Gasteiger charge is 2.18. The van der Waals surface area contributed by atoms with Gasteiger partial charge in [-0.3, -0.25) is 0 Å². The van der Waals surface area contributed by atoms with Crippen molar-refractivity contribution in [2.45, 2.75) is 32.1 Å². The van der Waals surface area contributed by atoms with Crippen molar-refractivity contribution < 1.29 is 9.47 Å². The van der Waals surface area contributed by atoms with Gasteiger partial charge in [-0.05, 0) is 43.6 Å². The van der Waals surface area contributed by atoms with Crippen LogP contribution in [0.2, 0.25) is 0 Å². The van der Waals surface area contributed by atoms with Gasteiger partial charge in [0.15, 0.2) is 11.5 Å². The summed E-state index contributed by atoms with van der Waals surface area (Å²) in [5, 5.41) is -0.00685. The molecular weight excluding hydrogens is 262 g/mol. The van der Waals surface area contributed by atoms with Crippen LogP contribution in [-0.4, -0.2) is 31.3 Å². The standard InChI is InChI=1S/C15H22ClNO2/c1-3-7-17(8-4-2)10-13(16)12-5-6-14-15(9-12)19-11-18-14/h5-6,9,13H,3-4,7-8,10-11H2,1-2H3. The van der Waals surface area contributed by atoms with Crippen molar-refractivity contribution in [3.05, 3.63) is 23.8 Å². The minimum absolute atomic E-state index is 0.00685. The molecule has 4 heteroatoms. The molecule has 1 aliphatic heterocycles. The Morgan fingerprint density at radius 1 is 1.16 bits per heavy atom. The first kappa shape index (κ1) is 14.5. The summed E-state index contributed by atoms with van der Waals surface area (Å²) in [6.07, 6.45) is 2.31. The normalized spacial score (nSPS) is 14.9. The van der Waals surface area contributed by atoms with E-state index in [4.69, 9.17) is 21.1 Å². The largest absolute Gasteiger partial charge is 0.454 e. The lowest BCUT2D eigenvalue weighted by Gasteiger charge is -2.24. The first-order chi connectivity index (χ1) is 9.24. The molecule has 19 heavy (non-hydrogen) atoms. The van der Waals surface area contributed by atoms with Crippen molar-refractivity contribution >= 4 is 11.6 Å². The summed E-state index contributed by atoms with van der Waals surface area (Å²) in [5.74, 6) is 1.62. The van der Waals surface area contributed by atoms with E-state index in [0.717, 1.165) is 49.5 Å². The molecular formula is C15H22ClNO2. The first-order valence-corrected chi connectivity index (χ1v) is 7.44. The summed E-state index contributed by atoms with van der Waals surface area (Å²) >= 11 is 6.54. The van der Waals surface area contributed by atoms with Gasteiger partial charge in [0.05, 0.1) is 5.38 Å². The van der Waals surface area contributed by atoms with Crippen molar-refractivity contribution in [3.8, 4) is 11.5 Å². The lowest BCUT2D eigenvalue weighted by atomic mass is 10.1. The average Bonchev–Trinajstić information content (AvgIpc) is 2.86. The summed E-state index contributed by atoms with van der Waals surface area (Å²) in [6, 6.07) is 5.97. The molecule has 1 atom stereocenters. The Labute approximate surface area is 120 Å². The van der Waals surface area contributed by atoms with Crippen LogP contribution in [0.1, 0.15) is 37.6 Å². The molecule has 0 amide bonds. The van der Waals surface area contributed by atoms with E-state index in [1.807, 2.05) is 18.2 Å². The fraction of sp³-hybridized carbons (Fsp3) is 0.600. The van der Waals surface area contributed by atoms with Gasteiger partial charge in [0.25, 0.3) is 0 Å². The molecule has 106 valence electrons. The Hall–Kier alpha value is -0.930. The second kappa shape index (κ2) is 7.01. The predicted octanol–water partition coefficient (Wildman–Crippen LogP) is 3.82. The highest BCUT2D eigenvalue weighted by molar-refractivity contribution is 6.21. The van der Waals surface area contributed by atoms with Crippen LogP contribution in [0.4, 0.5) is 0 Å². The van der Waals surface area contributed by atoms with Gasteiger partial charge < -0.3 is 14.4 Å². The zero-order valence-corrected chi connectivity index (χ0v) is 12.4. The Bertz CT molecular complexity index is 405. The van der Waals surface area contributed by atoms with Crippen molar-refractivity contribution in [2.24, 2.45) is 0 Å². The molecule has 1 aromatic carbocycles. The summed E-state index contributed by atoms with van der Waals surface area (Å²) < 4.78 is 10.7. The summed E-state index contributed by atoms with van der Waals surface area (Å²) in [7, 11) is 0. The second-order valence-electron chi connectivity index (χ2n) is 4.88. The zero-order valence-electron chi connectivity index (χ0n) is 11.7. The molecule has 2 rings (SSSR count). The number of nitrogens with zero attached hydrogens (tertiary/aromatic N) is 1. The van der Waals surface area contributed by atoms with Gasteiger partial charge in [-0.25, -0.2) is 0 Å². The Morgan fingerprint density at radius 3 is 2.53 bits per heavy atom. The Morgan fingerprint density at radius 2 is 1.84 bits per heavy atom. The number of alkyl halides is 1. The van der Waals surface area contributed by atoms with Crippen LogP contribution in [0, 0.1) is 0 Å². The third kappa shape index (κ3) is 3.77. The van der Waals surface area contributed by atoms with Gasteiger partial charge >= 0.3 is 0 Å². The first-order valence-electron chi connectivity index (χ1n) is 7.00. The predicted molar refractivity (Wildman–Crippen MR) is 78.2 cm³/mol. The lowest BCUT2D eigenvalue weighted by Crippen LogP contribution is -2.28. The molecule has 1 heterocycles. The number of fused-ring (bicyclic) bond motifs is 1. The number of rotatable bonds is 7. The molecule has 0 fully saturated rings. The Kier molecular flexibility index (Phi) is 5.34. The molecule has 0 spiro atoms. The maximum atomic E-state index is 6.54. The number of halogens is 1. The van der Waals surface area contributed by atoms with E-state index < -0.39 is 0 Å². The minimum Gasteiger partial charge on any atom is -0.454 e. The van der Waals surface area contributed by atoms with E-state index in [2.05, 4.69) is 18.7 Å². The van der Waals surface area contributed by atoms with Crippen molar-refractivity contribution in [1.82, 2.24) is 4.90 Å². The molecule has 0 bridgehead atoms. The van der Waals surface area contributed by atoms with Crippen LogP contribution in [0.5, 0.6) is 11.5 Å². The topological polar surface area (TPSA) is 21.7 Å². The molecule has 0 N–H and O–H groups in total. The molecule has 0 aromatic heterocycles. The van der Waals surface area contributed by atoms with Gasteiger partial charge in [-0.1, -0.05) is 19.9 Å². The van der Waals surface area contributed by atoms with Gasteiger partial charge in [0.1, 0.15) is 0 Å². The molecule has 0 aliphatic carbocycles. The number of hydrogen-bond acceptors (Lipinski definition) is 3. The maximum absolute atomic E-state index is 6.54. The Balaban J connectivity index is 2.00. The van der Waals surface area contributed by atoms with Crippen LogP contribution in [0.25, 0.3) is 0 Å². The summed E-state index contributed by atoms with van der Waals surface area (Å²) in [6.45, 7) is 7.79. The SMILES string of the molecule is CCCN(CCC)CC(Cl)c1ccc2c(c1)OCO2. The second-order valence-corrected chi connectivity index (χ2v) is 5.41. The molecule has 1 aromatic rings. The molecule has 1 aliphatic rings. The maximum Gasteiger partial charge on any atom is 0.231 e. The fourth-order valence-electron chi connectivity index (χ4n) is 2.37. The molecule has 0 saturated heterocycles. The minimum atomic E-state index is -0.00685. The van der Waals surface area contributed by atoms with Crippen LogP contribution < -0.4 is 9.47 Å². The van der Waals surface area contributed by atoms with E-state index in [0.29, 0.717) is 6.79 Å². The molecule has 0 saturated carbocycles. The van der Waals surface area contributed by atoms with Crippen molar-refractivity contribution in [3.63, 3.8) is 0 Å². The van der Waals surface area contributed by atoms with Crippen molar-refractivity contribution in [1.29, 1.82) is 0 Å². The summed E-state index contributed by atoms with van der Waals surface area (Å²) in [5.41, 5.74) is 1.10. The fourth-order valence-corrected chi connectivity index (χ4v) is 2.70. The van der Waals surface area contributed by atoms with Gasteiger partial charge in [0.2, 0.25) is 6.79 Å². The number of hydrogen-bond donors (Lipinski definition) is 0. The highest BCUT2D eigenvalue weighted by Crippen LogP contribution is 2.35. The van der Waals surface area contributed by atoms with Crippen LogP contribution in [0.15, 0.2) is 18.2 Å².